The first-order valence-electron chi connectivity index (χ1n) is 9.77. The van der Waals surface area contributed by atoms with E-state index in [1.165, 1.54) is 37.0 Å². The molecule has 1 aliphatic rings. The quantitative estimate of drug-likeness (QED) is 0.522. The molecule has 1 aliphatic carbocycles. The van der Waals surface area contributed by atoms with Crippen LogP contribution >= 0.6 is 11.8 Å². The summed E-state index contributed by atoms with van der Waals surface area (Å²) in [4.78, 5) is 14.9. The SMILES string of the molecule is CSc1cccc(Nc2cc(-c3ccncc3)nc(NC3CCCCC3)n2)c1. The van der Waals surface area contributed by atoms with Crippen molar-refractivity contribution in [3.8, 4) is 11.3 Å². The summed E-state index contributed by atoms with van der Waals surface area (Å²) in [5.74, 6) is 1.48. The summed E-state index contributed by atoms with van der Waals surface area (Å²) in [6.45, 7) is 0. The molecule has 0 bridgehead atoms. The highest BCUT2D eigenvalue weighted by molar-refractivity contribution is 7.98. The summed E-state index contributed by atoms with van der Waals surface area (Å²) >= 11 is 1.73. The third-order valence-electron chi connectivity index (χ3n) is 4.98. The number of thioether (sulfide) groups is 1. The van der Waals surface area contributed by atoms with E-state index in [9.17, 15) is 0 Å². The van der Waals surface area contributed by atoms with E-state index < -0.39 is 0 Å². The van der Waals surface area contributed by atoms with Gasteiger partial charge in [0.25, 0.3) is 0 Å². The van der Waals surface area contributed by atoms with Crippen LogP contribution in [0.15, 0.2) is 59.8 Å². The van der Waals surface area contributed by atoms with Crippen molar-refractivity contribution in [2.45, 2.75) is 43.0 Å². The molecule has 28 heavy (non-hydrogen) atoms. The lowest BCUT2D eigenvalue weighted by molar-refractivity contribution is 0.461. The maximum Gasteiger partial charge on any atom is 0.225 e. The van der Waals surface area contributed by atoms with E-state index >= 15 is 0 Å². The molecule has 0 saturated heterocycles. The Labute approximate surface area is 170 Å². The summed E-state index contributed by atoms with van der Waals surface area (Å²) in [6, 6.07) is 14.8. The molecular formula is C22H25N5S. The Morgan fingerprint density at radius 3 is 2.57 bits per heavy atom. The topological polar surface area (TPSA) is 62.7 Å². The first-order chi connectivity index (χ1) is 13.8. The zero-order valence-corrected chi connectivity index (χ0v) is 16.9. The summed E-state index contributed by atoms with van der Waals surface area (Å²) in [7, 11) is 0. The molecule has 6 heteroatoms. The molecular weight excluding hydrogens is 366 g/mol. The molecule has 0 atom stereocenters. The van der Waals surface area contributed by atoms with Gasteiger partial charge in [0.05, 0.1) is 5.69 Å². The minimum absolute atomic E-state index is 0.453. The van der Waals surface area contributed by atoms with Gasteiger partial charge in [-0.2, -0.15) is 4.98 Å². The van der Waals surface area contributed by atoms with E-state index in [0.29, 0.717) is 12.0 Å². The van der Waals surface area contributed by atoms with Gasteiger partial charge in [0.2, 0.25) is 5.95 Å². The number of nitrogens with zero attached hydrogens (tertiary/aromatic N) is 3. The molecule has 0 unspecified atom stereocenters. The van der Waals surface area contributed by atoms with Crippen LogP contribution in [0.25, 0.3) is 11.3 Å². The monoisotopic (exact) mass is 391 g/mol. The Bertz CT molecular complexity index is 910. The predicted octanol–water partition coefficient (Wildman–Crippen LogP) is 5.75. The smallest absolute Gasteiger partial charge is 0.225 e. The number of hydrogen-bond acceptors (Lipinski definition) is 6. The molecule has 4 rings (SSSR count). The minimum Gasteiger partial charge on any atom is -0.351 e. The van der Waals surface area contributed by atoms with Crippen molar-refractivity contribution in [2.24, 2.45) is 0 Å². The van der Waals surface area contributed by atoms with Crippen LogP contribution in [0.2, 0.25) is 0 Å². The molecule has 0 aliphatic heterocycles. The van der Waals surface area contributed by atoms with E-state index in [0.717, 1.165) is 22.8 Å². The van der Waals surface area contributed by atoms with Gasteiger partial charge in [-0.3, -0.25) is 4.98 Å². The lowest BCUT2D eigenvalue weighted by atomic mass is 9.96. The second kappa shape index (κ2) is 9.06. The summed E-state index contributed by atoms with van der Waals surface area (Å²) in [5, 5.41) is 7.00. The van der Waals surface area contributed by atoms with Crippen LogP contribution < -0.4 is 10.6 Å². The first-order valence-corrected chi connectivity index (χ1v) is 11.0. The Kier molecular flexibility index (Phi) is 6.07. The van der Waals surface area contributed by atoms with Crippen molar-refractivity contribution in [3.63, 3.8) is 0 Å². The number of nitrogens with one attached hydrogen (secondary N) is 2. The third kappa shape index (κ3) is 4.81. The Morgan fingerprint density at radius 1 is 0.964 bits per heavy atom. The van der Waals surface area contributed by atoms with E-state index in [4.69, 9.17) is 9.97 Å². The van der Waals surface area contributed by atoms with E-state index in [2.05, 4.69) is 46.1 Å². The zero-order chi connectivity index (χ0) is 19.2. The number of benzene rings is 1. The standard InChI is InChI=1S/C22H25N5S/c1-28-19-9-5-8-18(14-19)24-21-15-20(16-10-12-23-13-11-16)26-22(27-21)25-17-6-3-2-4-7-17/h5,8-15,17H,2-4,6-7H2,1H3,(H2,24,25,26,27). The Hall–Kier alpha value is -2.60. The van der Waals surface area contributed by atoms with E-state index in [-0.39, 0.29) is 0 Å². The summed E-state index contributed by atoms with van der Waals surface area (Å²) in [5.41, 5.74) is 2.94. The normalized spacial score (nSPS) is 14.6. The molecule has 144 valence electrons. The molecule has 2 heterocycles. The van der Waals surface area contributed by atoms with Gasteiger partial charge < -0.3 is 10.6 Å². The summed E-state index contributed by atoms with van der Waals surface area (Å²) < 4.78 is 0. The van der Waals surface area contributed by atoms with Gasteiger partial charge >= 0.3 is 0 Å². The second-order valence-corrected chi connectivity index (χ2v) is 7.91. The van der Waals surface area contributed by atoms with Crippen LogP contribution in [0, 0.1) is 0 Å². The first kappa shape index (κ1) is 18.7. The second-order valence-electron chi connectivity index (χ2n) is 7.03. The van der Waals surface area contributed by atoms with Crippen molar-refractivity contribution in [2.75, 3.05) is 16.9 Å². The highest BCUT2D eigenvalue weighted by Gasteiger charge is 2.15. The van der Waals surface area contributed by atoms with Gasteiger partial charge in [0.1, 0.15) is 5.82 Å². The molecule has 1 fully saturated rings. The highest BCUT2D eigenvalue weighted by Crippen LogP contribution is 2.27. The Balaban J connectivity index is 1.64. The molecule has 0 spiro atoms. The van der Waals surface area contributed by atoms with Gasteiger partial charge in [-0.1, -0.05) is 25.3 Å². The number of anilines is 3. The lowest BCUT2D eigenvalue weighted by Crippen LogP contribution is -2.23. The maximum absolute atomic E-state index is 4.78. The van der Waals surface area contributed by atoms with Crippen molar-refractivity contribution >= 4 is 29.2 Å². The predicted molar refractivity (Wildman–Crippen MR) is 117 cm³/mol. The average molecular weight is 392 g/mol. The van der Waals surface area contributed by atoms with Crippen LogP contribution in [0.5, 0.6) is 0 Å². The van der Waals surface area contributed by atoms with E-state index in [1.807, 2.05) is 18.2 Å². The minimum atomic E-state index is 0.453. The zero-order valence-electron chi connectivity index (χ0n) is 16.1. The third-order valence-corrected chi connectivity index (χ3v) is 5.71. The number of aromatic nitrogens is 3. The van der Waals surface area contributed by atoms with Gasteiger partial charge in [-0.15, -0.1) is 11.8 Å². The van der Waals surface area contributed by atoms with Crippen LogP contribution in [0.3, 0.4) is 0 Å². The molecule has 5 nitrogen and oxygen atoms in total. The van der Waals surface area contributed by atoms with Crippen LogP contribution in [0.1, 0.15) is 32.1 Å². The van der Waals surface area contributed by atoms with Crippen molar-refractivity contribution in [3.05, 3.63) is 54.9 Å². The average Bonchev–Trinajstić information content (AvgIpc) is 2.75. The van der Waals surface area contributed by atoms with Gasteiger partial charge in [-0.05, 0) is 49.4 Å². The van der Waals surface area contributed by atoms with Crippen molar-refractivity contribution in [1.29, 1.82) is 0 Å². The van der Waals surface area contributed by atoms with Crippen LogP contribution in [-0.4, -0.2) is 27.2 Å². The van der Waals surface area contributed by atoms with Gasteiger partial charge in [0, 0.05) is 40.6 Å². The fourth-order valence-corrected chi connectivity index (χ4v) is 3.98. The molecule has 2 N–H and O–H groups in total. The van der Waals surface area contributed by atoms with E-state index in [1.54, 1.807) is 24.2 Å². The van der Waals surface area contributed by atoms with Crippen molar-refractivity contribution in [1.82, 2.24) is 15.0 Å². The van der Waals surface area contributed by atoms with Gasteiger partial charge in [-0.25, -0.2) is 4.98 Å². The highest BCUT2D eigenvalue weighted by atomic mass is 32.2. The fourth-order valence-electron chi connectivity index (χ4n) is 3.52. The molecule has 0 amide bonds. The van der Waals surface area contributed by atoms with Crippen LogP contribution in [-0.2, 0) is 0 Å². The fraction of sp³-hybridized carbons (Fsp3) is 0.318. The van der Waals surface area contributed by atoms with Crippen LogP contribution in [0.4, 0.5) is 17.5 Å². The number of rotatable bonds is 6. The molecule has 1 aromatic carbocycles. The number of hydrogen-bond donors (Lipinski definition) is 2. The lowest BCUT2D eigenvalue weighted by Gasteiger charge is -2.23. The van der Waals surface area contributed by atoms with Crippen molar-refractivity contribution < 1.29 is 0 Å². The largest absolute Gasteiger partial charge is 0.351 e. The molecule has 1 saturated carbocycles. The molecule has 3 aromatic rings. The van der Waals surface area contributed by atoms with Gasteiger partial charge in [0.15, 0.2) is 0 Å². The molecule has 0 radical (unpaired) electrons. The Morgan fingerprint density at radius 2 is 1.79 bits per heavy atom. The maximum atomic E-state index is 4.78. The molecule has 2 aromatic heterocycles. The summed E-state index contributed by atoms with van der Waals surface area (Å²) in [6.07, 6.45) is 11.9. The number of pyridine rings is 1.